The summed E-state index contributed by atoms with van der Waals surface area (Å²) in [5, 5.41) is 2.97. The number of benzene rings is 2. The van der Waals surface area contributed by atoms with E-state index >= 15 is 0 Å². The molecule has 0 unspecified atom stereocenters. The molecule has 0 aromatic heterocycles. The first-order chi connectivity index (χ1) is 12.6. The lowest BCUT2D eigenvalue weighted by Crippen LogP contribution is -2.28. The molecule has 1 N–H and O–H groups in total. The molecular formula is C21H22N2O2S. The number of aryl methyl sites for hydroxylation is 1. The molecule has 5 heteroatoms. The Bertz CT molecular complexity index is 830. The van der Waals surface area contributed by atoms with Crippen LogP contribution in [0.15, 0.2) is 48.5 Å². The maximum absolute atomic E-state index is 12.4. The molecule has 1 aliphatic heterocycles. The Morgan fingerprint density at radius 2 is 1.92 bits per heavy atom. The molecule has 134 valence electrons. The minimum atomic E-state index is -0.0271. The standard InChI is InChI=1S/C21H22N2O2S/c1-14-4-2-7-18(12-14)23-19(24)13-26-21(23)16-8-10-17(11-9-16)22-20(25)15-5-3-6-15/h2,4,7-12,15,21H,3,5-6,13H2,1H3,(H,22,25)/t21-/m0/s1. The lowest BCUT2D eigenvalue weighted by Gasteiger charge is -2.25. The fourth-order valence-corrected chi connectivity index (χ4v) is 4.55. The van der Waals surface area contributed by atoms with E-state index in [0.717, 1.165) is 41.8 Å². The molecule has 2 aliphatic rings. The van der Waals surface area contributed by atoms with Gasteiger partial charge in [0.05, 0.1) is 5.75 Å². The van der Waals surface area contributed by atoms with Gasteiger partial charge in [0.25, 0.3) is 0 Å². The van der Waals surface area contributed by atoms with Crippen molar-refractivity contribution >= 4 is 35.0 Å². The molecule has 4 nitrogen and oxygen atoms in total. The van der Waals surface area contributed by atoms with Gasteiger partial charge in [0, 0.05) is 17.3 Å². The summed E-state index contributed by atoms with van der Waals surface area (Å²) in [5.41, 5.74) is 3.97. The van der Waals surface area contributed by atoms with Crippen LogP contribution in [0.3, 0.4) is 0 Å². The molecule has 0 radical (unpaired) electrons. The maximum Gasteiger partial charge on any atom is 0.238 e. The first-order valence-corrected chi connectivity index (χ1v) is 10.1. The summed E-state index contributed by atoms with van der Waals surface area (Å²) in [7, 11) is 0. The second-order valence-corrected chi connectivity index (χ2v) is 8.07. The van der Waals surface area contributed by atoms with Crippen molar-refractivity contribution in [3.05, 3.63) is 59.7 Å². The highest BCUT2D eigenvalue weighted by Gasteiger charge is 2.34. The Hall–Kier alpha value is -2.27. The van der Waals surface area contributed by atoms with Crippen molar-refractivity contribution in [2.75, 3.05) is 16.0 Å². The van der Waals surface area contributed by atoms with Crippen molar-refractivity contribution in [3.63, 3.8) is 0 Å². The van der Waals surface area contributed by atoms with Gasteiger partial charge in [-0.25, -0.2) is 0 Å². The van der Waals surface area contributed by atoms with E-state index in [-0.39, 0.29) is 23.1 Å². The fraction of sp³-hybridized carbons (Fsp3) is 0.333. The lowest BCUT2D eigenvalue weighted by molar-refractivity contribution is -0.122. The number of carbonyl (C=O) groups excluding carboxylic acids is 2. The minimum absolute atomic E-state index is 0.0271. The van der Waals surface area contributed by atoms with Crippen LogP contribution < -0.4 is 10.2 Å². The highest BCUT2D eigenvalue weighted by molar-refractivity contribution is 8.00. The minimum Gasteiger partial charge on any atom is -0.326 e. The van der Waals surface area contributed by atoms with Crippen LogP contribution in [0.25, 0.3) is 0 Å². The number of carbonyl (C=O) groups is 2. The van der Waals surface area contributed by atoms with Crippen LogP contribution >= 0.6 is 11.8 Å². The number of amides is 2. The normalized spacial score (nSPS) is 20.1. The summed E-state index contributed by atoms with van der Waals surface area (Å²) in [5.74, 6) is 0.914. The molecule has 4 rings (SSSR count). The lowest BCUT2D eigenvalue weighted by atomic mass is 9.85. The molecule has 1 heterocycles. The highest BCUT2D eigenvalue weighted by atomic mass is 32.2. The second kappa shape index (κ2) is 7.16. The van der Waals surface area contributed by atoms with Gasteiger partial charge in [-0.15, -0.1) is 11.8 Å². The van der Waals surface area contributed by atoms with E-state index in [1.807, 2.05) is 60.4 Å². The van der Waals surface area contributed by atoms with E-state index < -0.39 is 0 Å². The molecule has 2 amide bonds. The summed E-state index contributed by atoms with van der Waals surface area (Å²) < 4.78 is 0. The Labute approximate surface area is 158 Å². The molecule has 1 saturated heterocycles. The molecule has 0 bridgehead atoms. The van der Waals surface area contributed by atoms with E-state index in [1.165, 1.54) is 0 Å². The zero-order chi connectivity index (χ0) is 18.1. The predicted octanol–water partition coefficient (Wildman–Crippen LogP) is 4.51. The van der Waals surface area contributed by atoms with E-state index in [4.69, 9.17) is 0 Å². The largest absolute Gasteiger partial charge is 0.326 e. The Morgan fingerprint density at radius 3 is 2.58 bits per heavy atom. The second-order valence-electron chi connectivity index (χ2n) is 7.01. The summed E-state index contributed by atoms with van der Waals surface area (Å²) in [6, 6.07) is 15.9. The smallest absolute Gasteiger partial charge is 0.238 e. The summed E-state index contributed by atoms with van der Waals surface area (Å²) in [6.07, 6.45) is 3.14. The molecule has 2 fully saturated rings. The molecule has 1 atom stereocenters. The van der Waals surface area contributed by atoms with Crippen LogP contribution in [0.2, 0.25) is 0 Å². The van der Waals surface area contributed by atoms with Crippen LogP contribution in [-0.4, -0.2) is 17.6 Å². The van der Waals surface area contributed by atoms with Gasteiger partial charge in [0.15, 0.2) is 0 Å². The third-order valence-corrected chi connectivity index (χ3v) is 6.30. The van der Waals surface area contributed by atoms with Crippen LogP contribution in [-0.2, 0) is 9.59 Å². The number of rotatable bonds is 4. The molecular weight excluding hydrogens is 344 g/mol. The predicted molar refractivity (Wildman–Crippen MR) is 106 cm³/mol. The van der Waals surface area contributed by atoms with Gasteiger partial charge in [0.2, 0.25) is 11.8 Å². The van der Waals surface area contributed by atoms with Crippen molar-refractivity contribution in [1.82, 2.24) is 0 Å². The van der Waals surface area contributed by atoms with E-state index in [2.05, 4.69) is 5.32 Å². The third-order valence-electron chi connectivity index (χ3n) is 5.09. The van der Waals surface area contributed by atoms with E-state index in [0.29, 0.717) is 5.75 Å². The molecule has 2 aromatic carbocycles. The Morgan fingerprint density at radius 1 is 1.15 bits per heavy atom. The van der Waals surface area contributed by atoms with E-state index in [9.17, 15) is 9.59 Å². The van der Waals surface area contributed by atoms with Gasteiger partial charge in [-0.2, -0.15) is 0 Å². The topological polar surface area (TPSA) is 49.4 Å². The van der Waals surface area contributed by atoms with Crippen molar-refractivity contribution < 1.29 is 9.59 Å². The zero-order valence-corrected chi connectivity index (χ0v) is 15.6. The van der Waals surface area contributed by atoms with Gasteiger partial charge in [-0.05, 0) is 55.2 Å². The highest BCUT2D eigenvalue weighted by Crippen LogP contribution is 2.42. The van der Waals surface area contributed by atoms with Gasteiger partial charge >= 0.3 is 0 Å². The van der Waals surface area contributed by atoms with Gasteiger partial charge in [0.1, 0.15) is 5.37 Å². The monoisotopic (exact) mass is 366 g/mol. The van der Waals surface area contributed by atoms with Crippen LogP contribution in [0.5, 0.6) is 0 Å². The zero-order valence-electron chi connectivity index (χ0n) is 14.8. The number of anilines is 2. The molecule has 1 saturated carbocycles. The number of nitrogens with one attached hydrogen (secondary N) is 1. The number of nitrogens with zero attached hydrogens (tertiary/aromatic N) is 1. The maximum atomic E-state index is 12.4. The number of thioether (sulfide) groups is 1. The van der Waals surface area contributed by atoms with Crippen LogP contribution in [0.1, 0.15) is 35.8 Å². The average Bonchev–Trinajstić information content (AvgIpc) is 2.95. The van der Waals surface area contributed by atoms with Crippen molar-refractivity contribution in [3.8, 4) is 0 Å². The average molecular weight is 366 g/mol. The molecule has 2 aromatic rings. The van der Waals surface area contributed by atoms with Crippen molar-refractivity contribution in [1.29, 1.82) is 0 Å². The quantitative estimate of drug-likeness (QED) is 0.866. The summed E-state index contributed by atoms with van der Waals surface area (Å²) >= 11 is 1.64. The van der Waals surface area contributed by atoms with Crippen LogP contribution in [0.4, 0.5) is 11.4 Å². The number of hydrogen-bond donors (Lipinski definition) is 1. The van der Waals surface area contributed by atoms with Crippen LogP contribution in [0, 0.1) is 12.8 Å². The van der Waals surface area contributed by atoms with E-state index in [1.54, 1.807) is 11.8 Å². The molecule has 26 heavy (non-hydrogen) atoms. The third kappa shape index (κ3) is 3.36. The summed E-state index contributed by atoms with van der Waals surface area (Å²) in [4.78, 5) is 26.4. The Kier molecular flexibility index (Phi) is 4.72. The molecule has 0 spiro atoms. The molecule has 1 aliphatic carbocycles. The van der Waals surface area contributed by atoms with Gasteiger partial charge in [-0.3, -0.25) is 14.5 Å². The Balaban J connectivity index is 1.52. The summed E-state index contributed by atoms with van der Waals surface area (Å²) in [6.45, 7) is 2.03. The number of hydrogen-bond acceptors (Lipinski definition) is 3. The fourth-order valence-electron chi connectivity index (χ4n) is 3.37. The SMILES string of the molecule is Cc1cccc(N2C(=O)CS[C@H]2c2ccc(NC(=O)C3CCC3)cc2)c1. The van der Waals surface area contributed by atoms with Crippen molar-refractivity contribution in [2.45, 2.75) is 31.6 Å². The first kappa shape index (κ1) is 17.2. The van der Waals surface area contributed by atoms with Gasteiger partial charge in [-0.1, -0.05) is 30.7 Å². The van der Waals surface area contributed by atoms with Crippen molar-refractivity contribution in [2.24, 2.45) is 5.92 Å². The van der Waals surface area contributed by atoms with Gasteiger partial charge < -0.3 is 5.32 Å². The first-order valence-electron chi connectivity index (χ1n) is 9.03.